The van der Waals surface area contributed by atoms with E-state index in [0.29, 0.717) is 0 Å². The van der Waals surface area contributed by atoms with Gasteiger partial charge >= 0.3 is 0 Å². The highest BCUT2D eigenvalue weighted by Gasteiger charge is 2.26. The minimum Gasteiger partial charge on any atom is -0.308 e. The molecule has 0 aliphatic rings. The Hall–Kier alpha value is -5.35. The third-order valence-corrected chi connectivity index (χ3v) is 7.63. The predicted molar refractivity (Wildman–Crippen MR) is 161 cm³/mol. The number of benzene rings is 5. The molecule has 0 unspecified atom stereocenters. The lowest BCUT2D eigenvalue weighted by Gasteiger charge is -2.15. The van der Waals surface area contributed by atoms with Gasteiger partial charge < -0.3 is 4.57 Å². The Morgan fingerprint density at radius 1 is 0.385 bits per heavy atom. The Bertz CT molecular complexity index is 2220. The van der Waals surface area contributed by atoms with Crippen LogP contribution in [0.5, 0.6) is 0 Å². The Morgan fingerprint density at radius 2 is 0.795 bits per heavy atom. The molecule has 0 N–H and O–H groups in total. The normalized spacial score (nSPS) is 11.7. The lowest BCUT2D eigenvalue weighted by Crippen LogP contribution is -2.20. The van der Waals surface area contributed by atoms with Gasteiger partial charge in [0.05, 0.1) is 33.0 Å². The van der Waals surface area contributed by atoms with Crippen LogP contribution < -0.4 is 5.56 Å². The third kappa shape index (κ3) is 3.03. The quantitative estimate of drug-likeness (QED) is 0.241. The summed E-state index contributed by atoms with van der Waals surface area (Å²) >= 11 is 0. The molecule has 0 saturated carbocycles. The van der Waals surface area contributed by atoms with Crippen molar-refractivity contribution in [3.05, 3.63) is 150 Å². The first-order chi connectivity index (χ1) is 19.3. The van der Waals surface area contributed by atoms with Gasteiger partial charge in [-0.2, -0.15) is 0 Å². The van der Waals surface area contributed by atoms with Crippen LogP contribution >= 0.6 is 0 Å². The average Bonchev–Trinajstić information content (AvgIpc) is 3.52. The number of nitrogens with zero attached hydrogens (tertiary/aromatic N) is 3. The van der Waals surface area contributed by atoms with Crippen molar-refractivity contribution < 1.29 is 0 Å². The highest BCUT2D eigenvalue weighted by molar-refractivity contribution is 6.25. The number of aromatic nitrogens is 3. The van der Waals surface area contributed by atoms with E-state index in [1.807, 2.05) is 83.4 Å². The first-order valence-corrected chi connectivity index (χ1v) is 13.1. The van der Waals surface area contributed by atoms with Crippen molar-refractivity contribution in [1.82, 2.24) is 13.7 Å². The zero-order valence-electron chi connectivity index (χ0n) is 21.0. The van der Waals surface area contributed by atoms with E-state index in [1.54, 1.807) is 0 Å². The summed E-state index contributed by atoms with van der Waals surface area (Å²) in [6, 6.07) is 47.3. The maximum atomic E-state index is 14.8. The van der Waals surface area contributed by atoms with Crippen molar-refractivity contribution in [3.63, 3.8) is 0 Å². The first-order valence-electron chi connectivity index (χ1n) is 13.1. The van der Waals surface area contributed by atoms with Gasteiger partial charge in [0, 0.05) is 22.1 Å². The van der Waals surface area contributed by atoms with Crippen LogP contribution in [0.15, 0.2) is 144 Å². The molecule has 0 amide bonds. The van der Waals surface area contributed by atoms with Crippen molar-refractivity contribution in [2.75, 3.05) is 0 Å². The molecule has 0 atom stereocenters. The second-order valence-corrected chi connectivity index (χ2v) is 9.77. The topological polar surface area (TPSA) is 31.9 Å². The fraction of sp³-hybridized carbons (Fsp3) is 0. The molecule has 0 aliphatic heterocycles. The number of pyridine rings is 1. The molecule has 0 radical (unpaired) electrons. The molecule has 0 saturated heterocycles. The molecule has 39 heavy (non-hydrogen) atoms. The molecule has 4 heteroatoms. The summed E-state index contributed by atoms with van der Waals surface area (Å²) in [5.41, 5.74) is 6.69. The molecular formula is C35H23N3O. The van der Waals surface area contributed by atoms with E-state index in [4.69, 9.17) is 0 Å². The number of hydrogen-bond acceptors (Lipinski definition) is 1. The molecule has 0 spiro atoms. The van der Waals surface area contributed by atoms with Crippen LogP contribution in [0.25, 0.3) is 60.8 Å². The zero-order valence-corrected chi connectivity index (χ0v) is 21.0. The van der Waals surface area contributed by atoms with Crippen LogP contribution in [-0.2, 0) is 0 Å². The molecule has 0 fully saturated rings. The Kier molecular flexibility index (Phi) is 4.64. The van der Waals surface area contributed by atoms with Gasteiger partial charge in [-0.25, -0.2) is 0 Å². The van der Waals surface area contributed by atoms with Crippen molar-refractivity contribution in [3.8, 4) is 17.1 Å². The van der Waals surface area contributed by atoms with Gasteiger partial charge in [0.2, 0.25) is 0 Å². The largest absolute Gasteiger partial charge is 0.308 e. The van der Waals surface area contributed by atoms with Gasteiger partial charge in [-0.05, 0) is 48.5 Å². The third-order valence-electron chi connectivity index (χ3n) is 7.63. The van der Waals surface area contributed by atoms with Gasteiger partial charge in [0.1, 0.15) is 5.65 Å². The predicted octanol–water partition coefficient (Wildman–Crippen LogP) is 8.03. The van der Waals surface area contributed by atoms with Crippen molar-refractivity contribution in [2.45, 2.75) is 0 Å². The van der Waals surface area contributed by atoms with E-state index in [0.717, 1.165) is 60.8 Å². The summed E-state index contributed by atoms with van der Waals surface area (Å²) < 4.78 is 6.38. The molecule has 5 aromatic carbocycles. The standard InChI is InChI=1S/C35H23N3O/c39-35-32-28-21-11-12-22-29(28)36(24-14-4-1-5-15-24)33(32)31-27-20-10-13-23-30(27)37(25-16-6-2-7-17-25)34(31)38(35)26-18-8-3-9-19-26/h1-23H. The number of fused-ring (bicyclic) bond motifs is 7. The minimum absolute atomic E-state index is 0.0328. The van der Waals surface area contributed by atoms with Crippen molar-refractivity contribution in [1.29, 1.82) is 0 Å². The molecule has 8 aromatic rings. The maximum Gasteiger partial charge on any atom is 0.266 e. The maximum absolute atomic E-state index is 14.8. The molecule has 4 nitrogen and oxygen atoms in total. The summed E-state index contributed by atoms with van der Waals surface area (Å²) in [6.45, 7) is 0. The van der Waals surface area contributed by atoms with Crippen LogP contribution in [0.4, 0.5) is 0 Å². The Morgan fingerprint density at radius 3 is 1.36 bits per heavy atom. The zero-order chi connectivity index (χ0) is 25.9. The summed E-state index contributed by atoms with van der Waals surface area (Å²) in [4.78, 5) is 14.8. The van der Waals surface area contributed by atoms with E-state index in [9.17, 15) is 4.79 Å². The SMILES string of the molecule is O=c1c2c3ccccc3n(-c3ccccc3)c2c2c3ccccc3n(-c3ccccc3)c2n1-c1ccccc1. The van der Waals surface area contributed by atoms with Gasteiger partial charge in [0.25, 0.3) is 5.56 Å². The van der Waals surface area contributed by atoms with E-state index < -0.39 is 0 Å². The average molecular weight is 502 g/mol. The van der Waals surface area contributed by atoms with E-state index in [-0.39, 0.29) is 5.56 Å². The van der Waals surface area contributed by atoms with Gasteiger partial charge in [-0.3, -0.25) is 13.9 Å². The van der Waals surface area contributed by atoms with Crippen LogP contribution in [0.1, 0.15) is 0 Å². The van der Waals surface area contributed by atoms with Crippen LogP contribution in [0.3, 0.4) is 0 Å². The number of hydrogen-bond donors (Lipinski definition) is 0. The highest BCUT2D eigenvalue weighted by atomic mass is 16.1. The fourth-order valence-electron chi connectivity index (χ4n) is 6.07. The summed E-state index contributed by atoms with van der Waals surface area (Å²) in [5, 5.41) is 3.82. The van der Waals surface area contributed by atoms with Crippen LogP contribution in [0.2, 0.25) is 0 Å². The molecule has 184 valence electrons. The highest BCUT2D eigenvalue weighted by Crippen LogP contribution is 2.41. The van der Waals surface area contributed by atoms with Gasteiger partial charge in [-0.15, -0.1) is 0 Å². The molecule has 8 rings (SSSR count). The summed E-state index contributed by atoms with van der Waals surface area (Å²) in [7, 11) is 0. The van der Waals surface area contributed by atoms with Gasteiger partial charge in [-0.1, -0.05) is 91.0 Å². The van der Waals surface area contributed by atoms with Crippen LogP contribution in [-0.4, -0.2) is 13.7 Å². The van der Waals surface area contributed by atoms with E-state index in [2.05, 4.69) is 69.8 Å². The van der Waals surface area contributed by atoms with Crippen molar-refractivity contribution >= 4 is 43.7 Å². The smallest absolute Gasteiger partial charge is 0.266 e. The summed E-state index contributed by atoms with van der Waals surface area (Å²) in [6.07, 6.45) is 0. The van der Waals surface area contributed by atoms with E-state index in [1.165, 1.54) is 0 Å². The Labute approximate surface area is 224 Å². The fourth-order valence-corrected chi connectivity index (χ4v) is 6.07. The number of para-hydroxylation sites is 5. The van der Waals surface area contributed by atoms with Gasteiger partial charge in [0.15, 0.2) is 0 Å². The second-order valence-electron chi connectivity index (χ2n) is 9.77. The second kappa shape index (κ2) is 8.33. The number of rotatable bonds is 3. The monoisotopic (exact) mass is 501 g/mol. The molecular weight excluding hydrogens is 478 g/mol. The van der Waals surface area contributed by atoms with Crippen molar-refractivity contribution in [2.24, 2.45) is 0 Å². The lowest BCUT2D eigenvalue weighted by molar-refractivity contribution is 0.996. The Balaban J connectivity index is 1.75. The molecule has 0 bridgehead atoms. The molecule has 3 aromatic heterocycles. The van der Waals surface area contributed by atoms with E-state index >= 15 is 0 Å². The summed E-state index contributed by atoms with van der Waals surface area (Å²) in [5.74, 6) is 0. The first kappa shape index (κ1) is 21.7. The van der Waals surface area contributed by atoms with Crippen LogP contribution in [0, 0.1) is 0 Å². The molecule has 3 heterocycles. The lowest BCUT2D eigenvalue weighted by atomic mass is 10.1. The minimum atomic E-state index is -0.0328. The molecule has 0 aliphatic carbocycles.